The minimum Gasteiger partial charge on any atom is -0.507 e. The van der Waals surface area contributed by atoms with E-state index < -0.39 is 74.6 Å². The number of nitrogens with two attached hydrogens (primary N) is 1. The number of halogens is 1. The van der Waals surface area contributed by atoms with E-state index in [1.54, 1.807) is 0 Å². The molecule has 0 saturated heterocycles. The molecule has 0 heterocycles. The van der Waals surface area contributed by atoms with E-state index in [9.17, 15) is 39.9 Å². The standard InChI is InChI=1S/C20H17ClN2O8/c1-19(30)6-3-2-4-9(24)10(6)14(25)11-7(19)5-8-13(23-21)15(26)12(18(22)29)17(28)20(8,31)16(11)27/h2-4,7-8,24-26,30-31H,5H2,1H3,(H2,22,29)/t7-,8-,19+,20-/m0/s1. The van der Waals surface area contributed by atoms with Crippen molar-refractivity contribution in [3.63, 3.8) is 0 Å². The van der Waals surface area contributed by atoms with E-state index in [0.29, 0.717) is 0 Å². The van der Waals surface area contributed by atoms with Gasteiger partial charge in [0, 0.05) is 23.3 Å². The second kappa shape index (κ2) is 6.39. The van der Waals surface area contributed by atoms with Gasteiger partial charge in [0.2, 0.25) is 11.6 Å². The Balaban J connectivity index is 2.04. The molecule has 4 rings (SSSR count). The summed E-state index contributed by atoms with van der Waals surface area (Å²) >= 11 is 5.55. The Kier molecular flexibility index (Phi) is 4.34. The number of fused-ring (bicyclic) bond motifs is 3. The van der Waals surface area contributed by atoms with Crippen molar-refractivity contribution >= 4 is 40.7 Å². The lowest BCUT2D eigenvalue weighted by atomic mass is 9.55. The van der Waals surface area contributed by atoms with Crippen LogP contribution in [0.2, 0.25) is 0 Å². The van der Waals surface area contributed by atoms with Crippen molar-refractivity contribution in [1.82, 2.24) is 0 Å². The highest BCUT2D eigenvalue weighted by Crippen LogP contribution is 2.55. The predicted molar refractivity (Wildman–Crippen MR) is 106 cm³/mol. The molecule has 1 aromatic rings. The van der Waals surface area contributed by atoms with Gasteiger partial charge in [-0.05, 0) is 25.0 Å². The van der Waals surface area contributed by atoms with Crippen LogP contribution in [0.4, 0.5) is 0 Å². The highest BCUT2D eigenvalue weighted by atomic mass is 35.5. The summed E-state index contributed by atoms with van der Waals surface area (Å²) in [5.41, 5.74) is -1.87. The number of hydrogen-bond donors (Lipinski definition) is 6. The lowest BCUT2D eigenvalue weighted by molar-refractivity contribution is -0.157. The molecule has 0 radical (unpaired) electrons. The third kappa shape index (κ3) is 2.40. The minimum absolute atomic E-state index is 0.112. The monoisotopic (exact) mass is 448 g/mol. The summed E-state index contributed by atoms with van der Waals surface area (Å²) in [5, 5.41) is 53.9. The van der Waals surface area contributed by atoms with Crippen molar-refractivity contribution in [2.75, 3.05) is 0 Å². The fourth-order valence-corrected chi connectivity index (χ4v) is 5.05. The van der Waals surface area contributed by atoms with Crippen LogP contribution in [-0.4, -0.2) is 54.3 Å². The molecule has 162 valence electrons. The van der Waals surface area contributed by atoms with Crippen LogP contribution in [-0.2, 0) is 20.0 Å². The number of Topliss-reactive ketones (excluding diaryl/α,β-unsaturated/α-hetero) is 2. The van der Waals surface area contributed by atoms with Crippen LogP contribution in [0.25, 0.3) is 5.76 Å². The molecule has 0 aliphatic heterocycles. The fraction of sp³-hybridized carbons (Fsp3) is 0.300. The van der Waals surface area contributed by atoms with E-state index in [-0.39, 0.29) is 17.5 Å². The first-order chi connectivity index (χ1) is 14.4. The molecule has 1 saturated carbocycles. The first kappa shape index (κ1) is 21.0. The van der Waals surface area contributed by atoms with Gasteiger partial charge in [-0.3, -0.25) is 14.4 Å². The van der Waals surface area contributed by atoms with Crippen molar-refractivity contribution in [3.8, 4) is 5.75 Å². The Labute approximate surface area is 179 Å². The first-order valence-electron chi connectivity index (χ1n) is 9.13. The van der Waals surface area contributed by atoms with Crippen LogP contribution in [0.3, 0.4) is 0 Å². The zero-order valence-electron chi connectivity index (χ0n) is 16.0. The number of rotatable bonds is 1. The maximum atomic E-state index is 13.4. The molecule has 1 aromatic carbocycles. The van der Waals surface area contributed by atoms with Crippen LogP contribution in [0.15, 0.2) is 39.6 Å². The van der Waals surface area contributed by atoms with Crippen molar-refractivity contribution in [2.45, 2.75) is 24.5 Å². The molecule has 0 aromatic heterocycles. The van der Waals surface area contributed by atoms with E-state index in [1.807, 2.05) is 0 Å². The largest absolute Gasteiger partial charge is 0.507 e. The highest BCUT2D eigenvalue weighted by Gasteiger charge is 2.66. The average molecular weight is 449 g/mol. The fourth-order valence-electron chi connectivity index (χ4n) is 4.85. The summed E-state index contributed by atoms with van der Waals surface area (Å²) in [5.74, 6) is -9.06. The average Bonchev–Trinajstić information content (AvgIpc) is 2.68. The number of allylic oxidation sites excluding steroid dienone is 1. The van der Waals surface area contributed by atoms with Crippen LogP contribution < -0.4 is 5.73 Å². The highest BCUT2D eigenvalue weighted by molar-refractivity contribution is 6.39. The third-order valence-corrected chi connectivity index (χ3v) is 6.58. The van der Waals surface area contributed by atoms with Gasteiger partial charge in [0.1, 0.15) is 22.8 Å². The molecule has 4 atom stereocenters. The van der Waals surface area contributed by atoms with Crippen molar-refractivity contribution in [3.05, 3.63) is 46.2 Å². The van der Waals surface area contributed by atoms with Crippen LogP contribution in [0.1, 0.15) is 24.5 Å². The molecule has 0 unspecified atom stereocenters. The molecule has 0 spiro atoms. The zero-order valence-corrected chi connectivity index (χ0v) is 16.7. The van der Waals surface area contributed by atoms with Crippen molar-refractivity contribution < 1.29 is 39.9 Å². The van der Waals surface area contributed by atoms with Gasteiger partial charge in [-0.1, -0.05) is 12.1 Å². The Morgan fingerprint density at radius 3 is 2.35 bits per heavy atom. The number of ketones is 2. The Morgan fingerprint density at radius 2 is 1.77 bits per heavy atom. The quantitative estimate of drug-likeness (QED) is 0.261. The molecule has 3 aliphatic carbocycles. The molecule has 3 aliphatic rings. The number of carbonyl (C=O) groups excluding carboxylic acids is 3. The maximum absolute atomic E-state index is 13.4. The summed E-state index contributed by atoms with van der Waals surface area (Å²) in [7, 11) is 0. The van der Waals surface area contributed by atoms with Gasteiger partial charge < -0.3 is 31.3 Å². The normalized spacial score (nSPS) is 33.9. The molecule has 31 heavy (non-hydrogen) atoms. The molecule has 11 heteroatoms. The van der Waals surface area contributed by atoms with Gasteiger partial charge in [-0.25, -0.2) is 0 Å². The lowest BCUT2D eigenvalue weighted by Crippen LogP contribution is -2.65. The summed E-state index contributed by atoms with van der Waals surface area (Å²) in [6.07, 6.45) is -0.364. The molecule has 1 fully saturated rings. The Morgan fingerprint density at radius 1 is 1.13 bits per heavy atom. The Bertz CT molecular complexity index is 1180. The second-order valence-electron chi connectivity index (χ2n) is 7.93. The molecule has 1 amide bonds. The molecule has 7 N–H and O–H groups in total. The summed E-state index contributed by atoms with van der Waals surface area (Å²) < 4.78 is 3.33. The van der Waals surface area contributed by atoms with Crippen LogP contribution in [0, 0.1) is 11.8 Å². The van der Waals surface area contributed by atoms with E-state index in [4.69, 9.17) is 17.5 Å². The van der Waals surface area contributed by atoms with Gasteiger partial charge in [-0.2, -0.15) is 4.51 Å². The van der Waals surface area contributed by atoms with E-state index in [1.165, 1.54) is 25.1 Å². The number of aliphatic hydroxyl groups is 4. The van der Waals surface area contributed by atoms with Crippen LogP contribution in [0.5, 0.6) is 5.75 Å². The smallest absolute Gasteiger partial charge is 0.256 e. The molecule has 0 bridgehead atoms. The Hall–Kier alpha value is -3.21. The van der Waals surface area contributed by atoms with Gasteiger partial charge >= 0.3 is 0 Å². The third-order valence-electron chi connectivity index (χ3n) is 6.39. The van der Waals surface area contributed by atoms with E-state index in [2.05, 4.69) is 4.51 Å². The number of carbonyl (C=O) groups is 3. The predicted octanol–water partition coefficient (Wildman–Crippen LogP) is 0.294. The van der Waals surface area contributed by atoms with Crippen molar-refractivity contribution in [1.29, 1.82) is 0 Å². The minimum atomic E-state index is -2.97. The number of phenols is 1. The zero-order chi connectivity index (χ0) is 23.0. The number of benzene rings is 1. The van der Waals surface area contributed by atoms with Gasteiger partial charge in [0.15, 0.2) is 11.4 Å². The second-order valence-corrected chi connectivity index (χ2v) is 8.10. The number of aliphatic hydroxyl groups excluding tert-OH is 2. The maximum Gasteiger partial charge on any atom is 0.256 e. The molecular weight excluding hydrogens is 432 g/mol. The number of phenolic OH excluding ortho intramolecular Hbond substituents is 1. The van der Waals surface area contributed by atoms with Crippen molar-refractivity contribution in [2.24, 2.45) is 22.1 Å². The first-order valence-corrected chi connectivity index (χ1v) is 9.46. The summed E-state index contributed by atoms with van der Waals surface area (Å²) in [4.78, 5) is 38.1. The number of primary amides is 1. The number of aromatic hydroxyl groups is 1. The van der Waals surface area contributed by atoms with Gasteiger partial charge in [0.25, 0.3) is 5.91 Å². The lowest BCUT2D eigenvalue weighted by Gasteiger charge is -2.49. The van der Waals surface area contributed by atoms with E-state index in [0.717, 1.165) is 0 Å². The number of nitrogens with zero attached hydrogens (tertiary/aromatic N) is 1. The summed E-state index contributed by atoms with van der Waals surface area (Å²) in [6.45, 7) is 1.34. The van der Waals surface area contributed by atoms with Gasteiger partial charge in [0.05, 0.1) is 17.1 Å². The topological polar surface area (TPSA) is 191 Å². The van der Waals surface area contributed by atoms with Gasteiger partial charge in [-0.15, -0.1) is 0 Å². The number of hydrogen-bond acceptors (Lipinski definition) is 9. The van der Waals surface area contributed by atoms with Crippen LogP contribution >= 0.6 is 11.8 Å². The molecule has 10 nitrogen and oxygen atoms in total. The van der Waals surface area contributed by atoms with E-state index >= 15 is 0 Å². The molecular formula is C20H17ClN2O8. The number of amides is 1. The summed E-state index contributed by atoms with van der Waals surface area (Å²) in [6, 6.07) is 4.11. The SMILES string of the molecule is C[C@@]1(O)c2cccc(O)c2C(O)=C2C(=O)[C@]3(O)C(=O)C(C(N)=O)=C(O)C(=NCl)[C@@H]3C[C@@H]21.